The van der Waals surface area contributed by atoms with Crippen molar-refractivity contribution >= 4 is 27.5 Å². The van der Waals surface area contributed by atoms with E-state index in [4.69, 9.17) is 4.98 Å². The number of benzene rings is 1. The maximum Gasteiger partial charge on any atom is 0.224 e. The lowest BCUT2D eigenvalue weighted by Gasteiger charge is -2.26. The van der Waals surface area contributed by atoms with E-state index < -0.39 is 0 Å². The number of aromatic nitrogens is 1. The average Bonchev–Trinajstić information content (AvgIpc) is 3.11. The SMILES string of the molecule is O=C(NCC1=CCNCC1)C1CC=CCC1c1nc2ccccc2s1. The minimum atomic E-state index is -0.0205. The molecule has 1 aromatic heterocycles. The van der Waals surface area contributed by atoms with E-state index in [1.807, 2.05) is 18.2 Å². The van der Waals surface area contributed by atoms with Gasteiger partial charge in [-0.25, -0.2) is 4.98 Å². The monoisotopic (exact) mass is 353 g/mol. The Kier molecular flexibility index (Phi) is 4.95. The van der Waals surface area contributed by atoms with Crippen molar-refractivity contribution in [3.8, 4) is 0 Å². The van der Waals surface area contributed by atoms with Gasteiger partial charge in [0, 0.05) is 19.0 Å². The summed E-state index contributed by atoms with van der Waals surface area (Å²) < 4.78 is 1.20. The molecule has 1 aliphatic heterocycles. The molecule has 1 amide bonds. The lowest BCUT2D eigenvalue weighted by Crippen LogP contribution is -2.37. The molecule has 2 heterocycles. The molecule has 130 valence electrons. The highest BCUT2D eigenvalue weighted by Crippen LogP contribution is 2.38. The molecular weight excluding hydrogens is 330 g/mol. The predicted octanol–water partition coefficient (Wildman–Crippen LogP) is 3.38. The number of hydrogen-bond donors (Lipinski definition) is 2. The molecule has 2 aromatic rings. The van der Waals surface area contributed by atoms with Crippen molar-refractivity contribution in [3.05, 3.63) is 53.1 Å². The Bertz CT molecular complexity index is 790. The summed E-state index contributed by atoms with van der Waals surface area (Å²) in [6, 6.07) is 8.21. The predicted molar refractivity (Wildman–Crippen MR) is 103 cm³/mol. The molecule has 2 atom stereocenters. The molecule has 0 spiro atoms. The molecule has 0 fully saturated rings. The fraction of sp³-hybridized carbons (Fsp3) is 0.400. The van der Waals surface area contributed by atoms with E-state index in [2.05, 4.69) is 34.9 Å². The zero-order valence-electron chi connectivity index (χ0n) is 14.2. The summed E-state index contributed by atoms with van der Waals surface area (Å²) in [5.41, 5.74) is 2.37. The molecule has 1 aliphatic carbocycles. The zero-order chi connectivity index (χ0) is 17.1. The van der Waals surface area contributed by atoms with Crippen LogP contribution in [0.25, 0.3) is 10.2 Å². The zero-order valence-corrected chi connectivity index (χ0v) is 15.0. The van der Waals surface area contributed by atoms with Gasteiger partial charge in [-0.3, -0.25) is 4.79 Å². The van der Waals surface area contributed by atoms with E-state index in [1.165, 1.54) is 10.3 Å². The van der Waals surface area contributed by atoms with Crippen LogP contribution in [0.15, 0.2) is 48.1 Å². The van der Waals surface area contributed by atoms with Gasteiger partial charge in [-0.15, -0.1) is 11.3 Å². The Morgan fingerprint density at radius 3 is 3.00 bits per heavy atom. The third-order valence-electron chi connectivity index (χ3n) is 5.04. The van der Waals surface area contributed by atoms with Crippen molar-refractivity contribution in [3.63, 3.8) is 0 Å². The lowest BCUT2D eigenvalue weighted by atomic mass is 9.82. The number of para-hydroxylation sites is 1. The van der Waals surface area contributed by atoms with E-state index in [9.17, 15) is 4.79 Å². The average molecular weight is 353 g/mol. The molecule has 25 heavy (non-hydrogen) atoms. The Labute approximate surface area is 152 Å². The summed E-state index contributed by atoms with van der Waals surface area (Å²) in [6.45, 7) is 2.58. The number of carbonyl (C=O) groups is 1. The minimum Gasteiger partial charge on any atom is -0.352 e. The number of nitrogens with zero attached hydrogens (tertiary/aromatic N) is 1. The minimum absolute atomic E-state index is 0.0205. The smallest absolute Gasteiger partial charge is 0.224 e. The molecular formula is C20H23N3OS. The largest absolute Gasteiger partial charge is 0.352 e. The van der Waals surface area contributed by atoms with E-state index in [1.54, 1.807) is 11.3 Å². The third kappa shape index (κ3) is 3.67. The van der Waals surface area contributed by atoms with Gasteiger partial charge < -0.3 is 10.6 Å². The van der Waals surface area contributed by atoms with E-state index in [0.29, 0.717) is 6.54 Å². The fourth-order valence-corrected chi connectivity index (χ4v) is 4.73. The number of nitrogens with one attached hydrogen (secondary N) is 2. The summed E-state index contributed by atoms with van der Waals surface area (Å²) in [7, 11) is 0. The molecule has 2 N–H and O–H groups in total. The summed E-state index contributed by atoms with van der Waals surface area (Å²) in [5, 5.41) is 7.56. The van der Waals surface area contributed by atoms with Crippen LogP contribution in [-0.2, 0) is 4.79 Å². The highest BCUT2D eigenvalue weighted by Gasteiger charge is 2.32. The van der Waals surface area contributed by atoms with Gasteiger partial charge in [-0.2, -0.15) is 0 Å². The van der Waals surface area contributed by atoms with Crippen LogP contribution >= 0.6 is 11.3 Å². The fourth-order valence-electron chi connectivity index (χ4n) is 3.59. The molecule has 0 saturated heterocycles. The van der Waals surface area contributed by atoms with Crippen molar-refractivity contribution in [2.24, 2.45) is 5.92 Å². The van der Waals surface area contributed by atoms with E-state index in [0.717, 1.165) is 42.9 Å². The normalized spacial score (nSPS) is 23.4. The lowest BCUT2D eigenvalue weighted by molar-refractivity contribution is -0.125. The number of allylic oxidation sites excluding steroid dienone is 2. The van der Waals surface area contributed by atoms with Gasteiger partial charge in [0.2, 0.25) is 5.91 Å². The van der Waals surface area contributed by atoms with E-state index >= 15 is 0 Å². The molecule has 1 aromatic carbocycles. The second-order valence-corrected chi connectivity index (χ2v) is 7.77. The van der Waals surface area contributed by atoms with Gasteiger partial charge in [-0.1, -0.05) is 35.9 Å². The molecule has 2 aliphatic rings. The maximum absolute atomic E-state index is 12.8. The number of hydrogen-bond acceptors (Lipinski definition) is 4. The molecule has 0 saturated carbocycles. The molecule has 5 heteroatoms. The first-order valence-electron chi connectivity index (χ1n) is 8.98. The summed E-state index contributed by atoms with van der Waals surface area (Å²) in [4.78, 5) is 17.6. The summed E-state index contributed by atoms with van der Waals surface area (Å²) in [5.74, 6) is 0.324. The van der Waals surface area contributed by atoms with Crippen LogP contribution in [0.1, 0.15) is 30.2 Å². The number of amides is 1. The van der Waals surface area contributed by atoms with E-state index in [-0.39, 0.29) is 17.7 Å². The Balaban J connectivity index is 1.49. The molecule has 2 unspecified atom stereocenters. The van der Waals surface area contributed by atoms with Crippen LogP contribution in [0, 0.1) is 5.92 Å². The molecule has 4 rings (SSSR count). The quantitative estimate of drug-likeness (QED) is 0.829. The highest BCUT2D eigenvalue weighted by atomic mass is 32.1. The summed E-state index contributed by atoms with van der Waals surface area (Å²) >= 11 is 1.73. The van der Waals surface area contributed by atoms with Crippen LogP contribution in [0.3, 0.4) is 0 Å². The van der Waals surface area contributed by atoms with Crippen molar-refractivity contribution < 1.29 is 4.79 Å². The Morgan fingerprint density at radius 2 is 2.16 bits per heavy atom. The van der Waals surface area contributed by atoms with Crippen LogP contribution in [-0.4, -0.2) is 30.5 Å². The number of fused-ring (bicyclic) bond motifs is 1. The first kappa shape index (κ1) is 16.5. The number of rotatable bonds is 4. The summed E-state index contributed by atoms with van der Waals surface area (Å²) in [6.07, 6.45) is 9.23. The topological polar surface area (TPSA) is 54.0 Å². The van der Waals surface area contributed by atoms with Gasteiger partial charge in [0.05, 0.1) is 21.1 Å². The van der Waals surface area contributed by atoms with Crippen molar-refractivity contribution in [1.29, 1.82) is 0 Å². The van der Waals surface area contributed by atoms with Crippen molar-refractivity contribution in [2.75, 3.05) is 19.6 Å². The maximum atomic E-state index is 12.8. The van der Waals surface area contributed by atoms with Gasteiger partial charge in [0.15, 0.2) is 0 Å². The van der Waals surface area contributed by atoms with Crippen LogP contribution < -0.4 is 10.6 Å². The molecule has 0 bridgehead atoms. The third-order valence-corrected chi connectivity index (χ3v) is 6.21. The van der Waals surface area contributed by atoms with Crippen LogP contribution in [0.5, 0.6) is 0 Å². The van der Waals surface area contributed by atoms with Gasteiger partial charge in [0.25, 0.3) is 0 Å². The highest BCUT2D eigenvalue weighted by molar-refractivity contribution is 7.18. The second kappa shape index (κ2) is 7.50. The van der Waals surface area contributed by atoms with Crippen LogP contribution in [0.2, 0.25) is 0 Å². The molecule has 0 radical (unpaired) electrons. The van der Waals surface area contributed by atoms with Gasteiger partial charge >= 0.3 is 0 Å². The van der Waals surface area contributed by atoms with Crippen molar-refractivity contribution in [1.82, 2.24) is 15.6 Å². The first-order valence-corrected chi connectivity index (χ1v) is 9.80. The number of thiazole rings is 1. The molecule has 4 nitrogen and oxygen atoms in total. The van der Waals surface area contributed by atoms with Gasteiger partial charge in [-0.05, 0) is 37.9 Å². The number of carbonyl (C=O) groups excluding carboxylic acids is 1. The first-order chi connectivity index (χ1) is 12.3. The second-order valence-electron chi connectivity index (χ2n) is 6.71. The van der Waals surface area contributed by atoms with Crippen molar-refractivity contribution in [2.45, 2.75) is 25.2 Å². The Hall–Kier alpha value is -1.98. The van der Waals surface area contributed by atoms with Crippen LogP contribution in [0.4, 0.5) is 0 Å². The van der Waals surface area contributed by atoms with Gasteiger partial charge in [0.1, 0.15) is 0 Å². The Morgan fingerprint density at radius 1 is 1.28 bits per heavy atom. The standard InChI is InChI=1S/C20H23N3OS/c24-19(22-13-14-9-11-21-12-10-14)15-5-1-2-6-16(15)20-23-17-7-3-4-8-18(17)25-20/h1-4,7-9,15-16,21H,5-6,10-13H2,(H,22,24).